The summed E-state index contributed by atoms with van der Waals surface area (Å²) in [7, 11) is 2.07. The minimum Gasteiger partial charge on any atom is -0.508 e. The number of hydrogen-bond donors (Lipinski definition) is 2. The fourth-order valence-corrected chi connectivity index (χ4v) is 6.06. The van der Waals surface area contributed by atoms with E-state index in [-0.39, 0.29) is 0 Å². The summed E-state index contributed by atoms with van der Waals surface area (Å²) in [6, 6.07) is 22.3. The van der Waals surface area contributed by atoms with Crippen molar-refractivity contribution >= 4 is 36.5 Å². The van der Waals surface area contributed by atoms with Crippen LogP contribution in [0.2, 0.25) is 0 Å². The molecule has 7 nitrogen and oxygen atoms in total. The molecule has 0 saturated carbocycles. The second-order valence-electron chi connectivity index (χ2n) is 10.1. The number of likely N-dealkylation sites (tertiary alicyclic amines) is 1. The first kappa shape index (κ1) is 25.5. The van der Waals surface area contributed by atoms with E-state index in [9.17, 15) is 5.11 Å². The Morgan fingerprint density at radius 2 is 1.82 bits per heavy atom. The smallest absolute Gasteiger partial charge is 0.151 e. The summed E-state index contributed by atoms with van der Waals surface area (Å²) in [6.45, 7) is 3.68. The molecule has 0 amide bonds. The molecule has 2 aromatic carbocycles. The zero-order valence-electron chi connectivity index (χ0n) is 22.0. The summed E-state index contributed by atoms with van der Waals surface area (Å²) in [4.78, 5) is 14.2. The average Bonchev–Trinajstić information content (AvgIpc) is 3.35. The highest BCUT2D eigenvalue weighted by Gasteiger charge is 2.24. The standard InChI is InChI=1S/C30H31BN6OS/c31-26-19-34-37-29(33-18-21-4-3-13-32-17-21)16-27(35-30(26)37)22-11-14-36(15-12-22)20-23-5-1-2-6-28(23)39-25-9-7-24(38)8-10-25/h1-10,13,16-17,19,22,33,38H,11-12,14-15,18,20,31H2. The third-order valence-electron chi connectivity index (χ3n) is 7.30. The molecule has 0 bridgehead atoms. The van der Waals surface area contributed by atoms with Gasteiger partial charge in [-0.1, -0.05) is 36.0 Å². The number of anilines is 1. The first-order chi connectivity index (χ1) is 19.1. The zero-order valence-corrected chi connectivity index (χ0v) is 22.8. The Hall–Kier alpha value is -3.82. The fourth-order valence-electron chi connectivity index (χ4n) is 5.12. The zero-order chi connectivity index (χ0) is 26.6. The van der Waals surface area contributed by atoms with Gasteiger partial charge in [-0.2, -0.15) is 9.61 Å². The normalized spacial score (nSPS) is 14.6. The number of piperidine rings is 1. The fraction of sp³-hybridized carbons (Fsp3) is 0.233. The van der Waals surface area contributed by atoms with E-state index in [0.717, 1.165) is 65.6 Å². The van der Waals surface area contributed by atoms with Crippen LogP contribution in [0.25, 0.3) is 5.65 Å². The van der Waals surface area contributed by atoms with Crippen LogP contribution in [0, 0.1) is 0 Å². The van der Waals surface area contributed by atoms with Gasteiger partial charge in [-0.15, -0.1) is 0 Å². The van der Waals surface area contributed by atoms with Crippen LogP contribution in [0.5, 0.6) is 5.75 Å². The van der Waals surface area contributed by atoms with E-state index in [4.69, 9.17) is 4.98 Å². The molecule has 9 heteroatoms. The van der Waals surface area contributed by atoms with Gasteiger partial charge in [0.2, 0.25) is 0 Å². The van der Waals surface area contributed by atoms with Crippen LogP contribution in [-0.4, -0.2) is 50.5 Å². The number of aromatic hydroxyl groups is 1. The molecule has 5 aromatic rings. The molecule has 2 N–H and O–H groups in total. The highest BCUT2D eigenvalue weighted by atomic mass is 32.2. The second kappa shape index (κ2) is 11.5. The van der Waals surface area contributed by atoms with Gasteiger partial charge >= 0.3 is 0 Å². The quantitative estimate of drug-likeness (QED) is 0.289. The van der Waals surface area contributed by atoms with E-state index in [2.05, 4.69) is 64.5 Å². The molecule has 0 spiro atoms. The number of phenolic OH excluding ortho intramolecular Hbond substituents is 1. The van der Waals surface area contributed by atoms with Gasteiger partial charge in [-0.3, -0.25) is 9.88 Å². The van der Waals surface area contributed by atoms with Crippen molar-refractivity contribution in [3.05, 3.63) is 102 Å². The predicted molar refractivity (Wildman–Crippen MR) is 159 cm³/mol. The number of aromatic nitrogens is 4. The number of rotatable bonds is 8. The highest BCUT2D eigenvalue weighted by molar-refractivity contribution is 7.99. The second-order valence-corrected chi connectivity index (χ2v) is 11.2. The summed E-state index contributed by atoms with van der Waals surface area (Å²) in [5.74, 6) is 1.68. The lowest BCUT2D eigenvalue weighted by molar-refractivity contribution is 0.202. The molecule has 0 aliphatic carbocycles. The molecular weight excluding hydrogens is 503 g/mol. The number of benzene rings is 2. The van der Waals surface area contributed by atoms with Gasteiger partial charge in [0.25, 0.3) is 0 Å². The van der Waals surface area contributed by atoms with Gasteiger partial charge in [0.15, 0.2) is 5.65 Å². The molecular formula is C30H31BN6OS. The van der Waals surface area contributed by atoms with Gasteiger partial charge in [0.1, 0.15) is 19.4 Å². The maximum Gasteiger partial charge on any atom is 0.151 e. The van der Waals surface area contributed by atoms with Crippen molar-refractivity contribution < 1.29 is 5.11 Å². The summed E-state index contributed by atoms with van der Waals surface area (Å²) in [5.41, 5.74) is 5.61. The first-order valence-corrected chi connectivity index (χ1v) is 14.2. The minimum absolute atomic E-state index is 0.295. The number of nitrogens with one attached hydrogen (secondary N) is 1. The SMILES string of the molecule is Bc1cnn2c(NCc3cccnc3)cc(C3CCN(Cc4ccccc4Sc4ccc(O)cc4)CC3)nc12. The number of pyridine rings is 1. The third kappa shape index (κ3) is 5.94. The van der Waals surface area contributed by atoms with Crippen molar-refractivity contribution in [1.29, 1.82) is 0 Å². The maximum absolute atomic E-state index is 9.61. The Morgan fingerprint density at radius 3 is 2.62 bits per heavy atom. The summed E-state index contributed by atoms with van der Waals surface area (Å²) in [6.07, 6.45) is 7.72. The molecule has 1 fully saturated rings. The van der Waals surface area contributed by atoms with E-state index in [1.807, 2.05) is 35.1 Å². The van der Waals surface area contributed by atoms with Crippen LogP contribution >= 0.6 is 11.8 Å². The number of nitrogens with zero attached hydrogens (tertiary/aromatic N) is 5. The Kier molecular flexibility index (Phi) is 7.52. The molecule has 0 radical (unpaired) electrons. The van der Waals surface area contributed by atoms with Crippen LogP contribution in [-0.2, 0) is 13.1 Å². The largest absolute Gasteiger partial charge is 0.508 e. The van der Waals surface area contributed by atoms with E-state index in [0.29, 0.717) is 18.2 Å². The van der Waals surface area contributed by atoms with Crippen LogP contribution in [0.4, 0.5) is 5.82 Å². The Bertz CT molecular complexity index is 1550. The summed E-state index contributed by atoms with van der Waals surface area (Å²) in [5, 5.41) is 17.7. The lowest BCUT2D eigenvalue weighted by atomic mass is 9.92. The lowest BCUT2D eigenvalue weighted by Crippen LogP contribution is -2.33. The highest BCUT2D eigenvalue weighted by Crippen LogP contribution is 2.34. The molecule has 3 aromatic heterocycles. The van der Waals surface area contributed by atoms with Gasteiger partial charge in [-0.25, -0.2) is 4.98 Å². The predicted octanol–water partition coefficient (Wildman–Crippen LogP) is 4.23. The summed E-state index contributed by atoms with van der Waals surface area (Å²) >= 11 is 1.75. The van der Waals surface area contributed by atoms with Gasteiger partial charge in [0.05, 0.1) is 0 Å². The molecule has 0 atom stereocenters. The topological polar surface area (TPSA) is 78.6 Å². The molecule has 196 valence electrons. The Labute approximate surface area is 233 Å². The first-order valence-electron chi connectivity index (χ1n) is 13.4. The number of hydrogen-bond acceptors (Lipinski definition) is 7. The molecule has 1 saturated heterocycles. The summed E-state index contributed by atoms with van der Waals surface area (Å²) < 4.78 is 1.91. The number of phenols is 1. The van der Waals surface area contributed by atoms with Crippen molar-refractivity contribution in [3.8, 4) is 5.75 Å². The van der Waals surface area contributed by atoms with E-state index >= 15 is 0 Å². The van der Waals surface area contributed by atoms with Gasteiger partial charge < -0.3 is 10.4 Å². The van der Waals surface area contributed by atoms with Gasteiger partial charge in [-0.05, 0) is 78.9 Å². The Balaban J connectivity index is 1.14. The molecule has 6 rings (SSSR count). The van der Waals surface area contributed by atoms with Crippen LogP contribution in [0.3, 0.4) is 0 Å². The van der Waals surface area contributed by atoms with Crippen LogP contribution < -0.4 is 10.8 Å². The van der Waals surface area contributed by atoms with Crippen molar-refractivity contribution in [2.45, 2.75) is 41.6 Å². The van der Waals surface area contributed by atoms with Gasteiger partial charge in [0, 0.05) is 59.1 Å². The van der Waals surface area contributed by atoms with Crippen molar-refractivity contribution in [3.63, 3.8) is 0 Å². The number of fused-ring (bicyclic) bond motifs is 1. The van der Waals surface area contributed by atoms with E-state index in [1.54, 1.807) is 30.1 Å². The van der Waals surface area contributed by atoms with Crippen molar-refractivity contribution in [2.75, 3.05) is 18.4 Å². The van der Waals surface area contributed by atoms with Crippen LogP contribution in [0.15, 0.2) is 95.1 Å². The lowest BCUT2D eigenvalue weighted by Gasteiger charge is -2.32. The maximum atomic E-state index is 9.61. The molecule has 1 aliphatic heterocycles. The molecule has 39 heavy (non-hydrogen) atoms. The molecule has 0 unspecified atom stereocenters. The molecule has 1 aliphatic rings. The van der Waals surface area contributed by atoms with Crippen LogP contribution in [0.1, 0.15) is 35.6 Å². The van der Waals surface area contributed by atoms with Crippen molar-refractivity contribution in [1.82, 2.24) is 24.5 Å². The molecule has 4 heterocycles. The Morgan fingerprint density at radius 1 is 1.00 bits per heavy atom. The average molecular weight is 534 g/mol. The monoisotopic (exact) mass is 534 g/mol. The van der Waals surface area contributed by atoms with Crippen molar-refractivity contribution in [2.24, 2.45) is 0 Å². The van der Waals surface area contributed by atoms with E-state index in [1.165, 1.54) is 10.5 Å². The van der Waals surface area contributed by atoms with E-state index < -0.39 is 0 Å². The minimum atomic E-state index is 0.295. The third-order valence-corrected chi connectivity index (χ3v) is 8.43.